The largest absolute Gasteiger partial charge is 0.786 e. The van der Waals surface area contributed by atoms with E-state index in [0.717, 1.165) is 0 Å². The Hall–Kier alpha value is -6.32. The van der Waals surface area contributed by atoms with Crippen molar-refractivity contribution in [2.75, 3.05) is 0 Å². The molecule has 0 bridgehead atoms. The first-order chi connectivity index (χ1) is 59.6. The van der Waals surface area contributed by atoms with Gasteiger partial charge in [0.05, 0.1) is 0 Å². The van der Waals surface area contributed by atoms with E-state index in [1.165, 1.54) is 57.1 Å². The van der Waals surface area contributed by atoms with Crippen LogP contribution in [0.4, 0.5) is 16.8 Å². The number of hydrogen-bond acceptors (Lipinski definition) is 12. The third-order valence-electron chi connectivity index (χ3n) is 13.5. The second-order valence-electron chi connectivity index (χ2n) is 23.2. The first kappa shape index (κ1) is 108. The van der Waals surface area contributed by atoms with Gasteiger partial charge in [0.2, 0.25) is 0 Å². The van der Waals surface area contributed by atoms with Crippen LogP contribution in [-0.4, -0.2) is 0 Å². The average molecular weight is 2640 g/mol. The molecule has 0 radical (unpaired) electrons. The van der Waals surface area contributed by atoms with Gasteiger partial charge in [-0.2, -0.15) is 0 Å². The Bertz CT molecular complexity index is 4180. The molecule has 0 atom stereocenters. The van der Waals surface area contributed by atoms with E-state index in [2.05, 4.69) is 485 Å². The van der Waals surface area contributed by atoms with E-state index < -0.39 is 31.6 Å². The maximum atomic E-state index is 10.1. The summed E-state index contributed by atoms with van der Waals surface area (Å²) in [6.45, 7) is 0. The van der Waals surface area contributed by atoms with Gasteiger partial charge < -0.3 is 57.4 Å². The van der Waals surface area contributed by atoms with Gasteiger partial charge in [-0.25, -0.2) is 16.8 Å². The zero-order chi connectivity index (χ0) is 89.5. The minimum Gasteiger partial charge on any atom is -0.786 e. The summed E-state index contributed by atoms with van der Waals surface area (Å²) in [7, 11) is -22.6. The highest BCUT2D eigenvalue weighted by atomic mass is 127. The summed E-state index contributed by atoms with van der Waals surface area (Å²) in [5.74, 6) is 0. The second-order valence-corrected chi connectivity index (χ2v) is 50.9. The van der Waals surface area contributed by atoms with Crippen LogP contribution in [0.15, 0.2) is 485 Å². The summed E-state index contributed by atoms with van der Waals surface area (Å²) < 4.78 is 97.9. The second kappa shape index (κ2) is 66.1. The molecule has 0 amide bonds. The van der Waals surface area contributed by atoms with E-state index in [-0.39, 0.29) is 170 Å². The Balaban J connectivity index is 0.000000244. The van der Waals surface area contributed by atoms with E-state index in [0.29, 0.717) is 0 Å². The molecule has 0 fully saturated rings. The molecule has 0 saturated carbocycles. The first-order valence-electron chi connectivity index (χ1n) is 36.5. The Morgan fingerprint density at radius 1 is 0.121 bits per heavy atom. The van der Waals surface area contributed by atoms with Gasteiger partial charge in [-0.3, -0.25) is 0 Å². The van der Waals surface area contributed by atoms with Crippen LogP contribution in [0.25, 0.3) is 0 Å². The van der Waals surface area contributed by atoms with Gasteiger partial charge in [0.15, 0.2) is 57.1 Å². The standard InChI is InChI=1S/8C12H10I.4FH2O3P/c8*1-3-7-11(8-4-1)13-12-9-5-2-6-10-12;4*1-5(2,3)4/h8*1-10H;4*(H2,2,3,4)/q8*+1;;;;/p-8. The van der Waals surface area contributed by atoms with Gasteiger partial charge in [-0.1, -0.05) is 291 Å². The van der Waals surface area contributed by atoms with Crippen LogP contribution in [0, 0.1) is 57.1 Å². The van der Waals surface area contributed by atoms with Gasteiger partial charge in [-0.05, 0) is 194 Å². The summed E-state index contributed by atoms with van der Waals surface area (Å²) in [5, 5.41) is 0. The van der Waals surface area contributed by atoms with Crippen molar-refractivity contribution in [2.45, 2.75) is 0 Å². The molecule has 0 aromatic heterocycles. The van der Waals surface area contributed by atoms with Crippen LogP contribution in [0.3, 0.4) is 0 Å². The van der Waals surface area contributed by atoms with Gasteiger partial charge in [-0.15, -0.1) is 0 Å². The first-order valence-corrected chi connectivity index (χ1v) is 59.5. The van der Waals surface area contributed by atoms with Crippen LogP contribution >= 0.6 is 31.6 Å². The Labute approximate surface area is 807 Å². The van der Waals surface area contributed by atoms with E-state index in [1.54, 1.807) is 0 Å². The van der Waals surface area contributed by atoms with E-state index >= 15 is 0 Å². The molecule has 0 heterocycles. The highest BCUT2D eigenvalue weighted by molar-refractivity contribution is 7.43. The SMILES string of the molecule is O=P([O-])([O-])F.O=P([O-])([O-])F.O=P([O-])([O-])F.O=P([O-])([O-])F.c1ccc([I+]c2ccccc2)cc1.c1ccc([I+]c2ccccc2)cc1.c1ccc([I+]c2ccccc2)cc1.c1ccc([I+]c2ccccc2)cc1.c1ccc([I+]c2ccccc2)cc1.c1ccc([I+]c2ccccc2)cc1.c1ccc([I+]c2ccccc2)cc1.c1ccc([I+]c2ccccc2)cc1. The number of hydrogen-bond donors (Lipinski definition) is 0. The lowest BCUT2D eigenvalue weighted by Crippen LogP contribution is -3.61. The fourth-order valence-electron chi connectivity index (χ4n) is 8.65. The van der Waals surface area contributed by atoms with Crippen LogP contribution < -0.4 is 209 Å². The summed E-state index contributed by atoms with van der Waals surface area (Å²) in [4.78, 5) is 67.5. The third-order valence-corrected chi connectivity index (χ3v) is 34.9. The molecule has 0 unspecified atom stereocenters. The van der Waals surface area contributed by atoms with E-state index in [9.17, 15) is 16.8 Å². The molecule has 16 aromatic carbocycles. The smallest absolute Gasteiger partial charge is 0.357 e. The van der Waals surface area contributed by atoms with Crippen molar-refractivity contribution in [3.05, 3.63) is 542 Å². The molecule has 12 nitrogen and oxygen atoms in total. The molecule has 124 heavy (non-hydrogen) atoms. The molecule has 16 aromatic rings. The van der Waals surface area contributed by atoms with Crippen molar-refractivity contribution in [1.82, 2.24) is 0 Å². The maximum absolute atomic E-state index is 10.1. The number of benzene rings is 16. The highest BCUT2D eigenvalue weighted by Gasteiger charge is 2.19. The van der Waals surface area contributed by atoms with Crippen molar-refractivity contribution in [2.24, 2.45) is 0 Å². The molecular formula is C96H80F4I8O12P4. The van der Waals surface area contributed by atoms with Crippen molar-refractivity contribution in [3.8, 4) is 0 Å². The Morgan fingerprint density at radius 2 is 0.161 bits per heavy atom. The molecule has 0 aliphatic rings. The molecule has 0 spiro atoms. The monoisotopic (exact) mass is 2640 g/mol. The van der Waals surface area contributed by atoms with E-state index in [1.807, 2.05) is 0 Å². The zero-order valence-electron chi connectivity index (χ0n) is 65.4. The summed E-state index contributed by atoms with van der Waals surface area (Å²) in [6.07, 6.45) is 0. The minimum absolute atomic E-state index is 0.0287. The van der Waals surface area contributed by atoms with Crippen LogP contribution in [-0.2, 0) is 18.3 Å². The Kier molecular flexibility index (Phi) is 57.7. The zero-order valence-corrected chi connectivity index (χ0v) is 86.2. The molecule has 0 saturated heterocycles. The lowest BCUT2D eigenvalue weighted by Gasteiger charge is -2.15. The van der Waals surface area contributed by atoms with Crippen LogP contribution in [0.2, 0.25) is 0 Å². The van der Waals surface area contributed by atoms with Gasteiger partial charge in [0.25, 0.3) is 0 Å². The van der Waals surface area contributed by atoms with Crippen molar-refractivity contribution >= 4 is 31.6 Å². The fraction of sp³-hybridized carbons (Fsp3) is 0. The average Bonchev–Trinajstić information content (AvgIpc) is 0.950. The lowest BCUT2D eigenvalue weighted by atomic mass is 10.4. The van der Waals surface area contributed by atoms with Gasteiger partial charge in [0, 0.05) is 0 Å². The predicted octanol–water partition coefficient (Wildman–Crippen LogP) is -6.34. The molecule has 28 heteroatoms. The minimum atomic E-state index is -5.64. The topological polar surface area (TPSA) is 253 Å². The number of halogens is 12. The highest BCUT2D eigenvalue weighted by Crippen LogP contribution is 2.24. The molecule has 0 N–H and O–H groups in total. The molecule has 0 aliphatic carbocycles. The van der Waals surface area contributed by atoms with E-state index in [4.69, 9.17) is 57.4 Å². The lowest BCUT2D eigenvalue weighted by molar-refractivity contribution is -0.597. The van der Waals surface area contributed by atoms with Crippen molar-refractivity contribution in [3.63, 3.8) is 0 Å². The van der Waals surface area contributed by atoms with Gasteiger partial charge >= 0.3 is 170 Å². The normalized spacial score (nSPS) is 10.2. The number of rotatable bonds is 16. The fourth-order valence-corrected chi connectivity index (χ4v) is 26.8. The molecule has 0 aliphatic heterocycles. The van der Waals surface area contributed by atoms with Crippen LogP contribution in [0.5, 0.6) is 0 Å². The third kappa shape index (κ3) is 64.4. The van der Waals surface area contributed by atoms with Crippen molar-refractivity contribution < 1.29 is 244 Å². The molecule has 640 valence electrons. The van der Waals surface area contributed by atoms with Crippen LogP contribution in [0.1, 0.15) is 0 Å². The van der Waals surface area contributed by atoms with Crippen molar-refractivity contribution in [1.29, 1.82) is 0 Å². The predicted molar refractivity (Wildman–Crippen MR) is 437 cm³/mol. The summed E-state index contributed by atoms with van der Waals surface area (Å²) in [5.41, 5.74) is 0. The summed E-state index contributed by atoms with van der Waals surface area (Å²) >= 11 is 0.230. The molecule has 16 rings (SSSR count). The maximum Gasteiger partial charge on any atom is 0.357 e. The Morgan fingerprint density at radius 3 is 0.202 bits per heavy atom. The quantitative estimate of drug-likeness (QED) is 0.0498. The summed E-state index contributed by atoms with van der Waals surface area (Å²) in [6, 6.07) is 171. The van der Waals surface area contributed by atoms with Gasteiger partial charge in [0.1, 0.15) is 31.6 Å². The molecular weight excluding hydrogens is 2560 g/mol.